The maximum atomic E-state index is 13.5. The van der Waals surface area contributed by atoms with Crippen LogP contribution in [-0.4, -0.2) is 22.9 Å². The first kappa shape index (κ1) is 18.9. The predicted molar refractivity (Wildman–Crippen MR) is 82.9 cm³/mol. The number of benzene rings is 2. The van der Waals surface area contributed by atoms with E-state index < -0.39 is 46.0 Å². The van der Waals surface area contributed by atoms with E-state index in [-0.39, 0.29) is 11.3 Å². The first-order chi connectivity index (χ1) is 12.2. The number of carbonyl (C=O) groups is 2. The summed E-state index contributed by atoms with van der Waals surface area (Å²) in [7, 11) is 0. The minimum absolute atomic E-state index is 0.0470. The molecule has 0 fully saturated rings. The van der Waals surface area contributed by atoms with E-state index in [0.717, 1.165) is 30.3 Å². The molecule has 0 aliphatic rings. The van der Waals surface area contributed by atoms with Crippen molar-refractivity contribution in [1.29, 1.82) is 0 Å². The van der Waals surface area contributed by atoms with Crippen LogP contribution in [0.25, 0.3) is 0 Å². The largest absolute Gasteiger partial charge is 0.449 e. The van der Waals surface area contributed by atoms with E-state index in [1.807, 2.05) is 5.32 Å². The second-order valence-corrected chi connectivity index (χ2v) is 5.06. The number of non-ortho nitro benzene ring substituents is 1. The number of nitrogens with one attached hydrogen (secondary N) is 1. The molecule has 0 aliphatic carbocycles. The number of anilines is 1. The Kier molecular flexibility index (Phi) is 5.55. The smallest absolute Gasteiger partial charge is 0.338 e. The highest BCUT2D eigenvalue weighted by molar-refractivity contribution is 5.97. The number of nitro groups is 1. The maximum absolute atomic E-state index is 13.5. The molecule has 26 heavy (non-hydrogen) atoms. The average molecular weight is 368 g/mol. The van der Waals surface area contributed by atoms with E-state index in [2.05, 4.69) is 0 Å². The number of carbonyl (C=O) groups excluding carboxylic acids is 2. The number of hydrogen-bond donors (Lipinski definition) is 1. The fraction of sp³-hybridized carbons (Fsp3) is 0.125. The first-order valence-electron chi connectivity index (χ1n) is 7.10. The molecule has 10 heteroatoms. The zero-order valence-electron chi connectivity index (χ0n) is 13.2. The van der Waals surface area contributed by atoms with Crippen molar-refractivity contribution in [1.82, 2.24) is 0 Å². The third kappa shape index (κ3) is 4.15. The van der Waals surface area contributed by atoms with Crippen LogP contribution in [-0.2, 0) is 9.53 Å². The molecule has 1 amide bonds. The molecule has 1 atom stereocenters. The van der Waals surface area contributed by atoms with Crippen LogP contribution in [0.4, 0.5) is 24.5 Å². The molecular formula is C16H11F3N2O5. The number of nitro benzene ring substituents is 1. The highest BCUT2D eigenvalue weighted by Gasteiger charge is 2.22. The number of esters is 1. The molecule has 0 aromatic heterocycles. The van der Waals surface area contributed by atoms with E-state index in [1.165, 1.54) is 6.92 Å². The van der Waals surface area contributed by atoms with Crippen molar-refractivity contribution in [3.8, 4) is 0 Å². The minimum Gasteiger partial charge on any atom is -0.449 e. The molecule has 7 nitrogen and oxygen atoms in total. The first-order valence-corrected chi connectivity index (χ1v) is 7.10. The van der Waals surface area contributed by atoms with Crippen molar-refractivity contribution < 1.29 is 32.4 Å². The van der Waals surface area contributed by atoms with Crippen LogP contribution in [0.3, 0.4) is 0 Å². The third-order valence-corrected chi connectivity index (χ3v) is 3.26. The van der Waals surface area contributed by atoms with Crippen LogP contribution < -0.4 is 5.32 Å². The van der Waals surface area contributed by atoms with Gasteiger partial charge in [-0.1, -0.05) is 0 Å². The molecule has 0 saturated heterocycles. The van der Waals surface area contributed by atoms with Gasteiger partial charge in [0.2, 0.25) is 0 Å². The molecular weight excluding hydrogens is 357 g/mol. The third-order valence-electron chi connectivity index (χ3n) is 3.26. The molecule has 2 aromatic rings. The highest BCUT2D eigenvalue weighted by atomic mass is 19.2. The molecule has 2 rings (SSSR count). The Balaban J connectivity index is 2.03. The zero-order valence-corrected chi connectivity index (χ0v) is 13.2. The Labute approximate surface area is 144 Å². The summed E-state index contributed by atoms with van der Waals surface area (Å²) in [5, 5.41) is 12.5. The second-order valence-electron chi connectivity index (χ2n) is 5.06. The van der Waals surface area contributed by atoms with Crippen molar-refractivity contribution in [2.45, 2.75) is 13.0 Å². The number of nitrogens with zero attached hydrogens (tertiary/aromatic N) is 1. The lowest BCUT2D eigenvalue weighted by Crippen LogP contribution is -2.30. The Morgan fingerprint density at radius 2 is 1.69 bits per heavy atom. The van der Waals surface area contributed by atoms with Crippen LogP contribution in [0.15, 0.2) is 36.4 Å². The molecule has 0 radical (unpaired) electrons. The number of hydrogen-bond acceptors (Lipinski definition) is 5. The highest BCUT2D eigenvalue weighted by Crippen LogP contribution is 2.20. The van der Waals surface area contributed by atoms with Crippen molar-refractivity contribution in [3.05, 3.63) is 69.5 Å². The van der Waals surface area contributed by atoms with Crippen molar-refractivity contribution in [2.75, 3.05) is 5.32 Å². The summed E-state index contributed by atoms with van der Waals surface area (Å²) < 4.78 is 44.4. The van der Waals surface area contributed by atoms with Gasteiger partial charge in [-0.2, -0.15) is 0 Å². The van der Waals surface area contributed by atoms with Gasteiger partial charge in [0, 0.05) is 12.1 Å². The summed E-state index contributed by atoms with van der Waals surface area (Å²) in [6, 6.07) is 5.88. The molecule has 136 valence electrons. The molecule has 2 aromatic carbocycles. The van der Waals surface area contributed by atoms with Crippen molar-refractivity contribution in [3.63, 3.8) is 0 Å². The summed E-state index contributed by atoms with van der Waals surface area (Å²) in [4.78, 5) is 33.7. The lowest BCUT2D eigenvalue weighted by Gasteiger charge is -2.14. The topological polar surface area (TPSA) is 98.5 Å². The van der Waals surface area contributed by atoms with Gasteiger partial charge in [-0.15, -0.1) is 0 Å². The Bertz CT molecular complexity index is 871. The van der Waals surface area contributed by atoms with Crippen LogP contribution in [0.2, 0.25) is 0 Å². The molecule has 0 aliphatic heterocycles. The number of ether oxygens (including phenoxy) is 1. The van der Waals surface area contributed by atoms with Gasteiger partial charge in [-0.3, -0.25) is 14.9 Å². The van der Waals surface area contributed by atoms with Gasteiger partial charge < -0.3 is 10.1 Å². The summed E-state index contributed by atoms with van der Waals surface area (Å²) >= 11 is 0. The second kappa shape index (κ2) is 7.64. The van der Waals surface area contributed by atoms with Crippen LogP contribution in [0.5, 0.6) is 0 Å². The van der Waals surface area contributed by atoms with Crippen molar-refractivity contribution >= 4 is 23.3 Å². The van der Waals surface area contributed by atoms with E-state index in [4.69, 9.17) is 4.74 Å². The van der Waals surface area contributed by atoms with Crippen LogP contribution in [0, 0.1) is 27.6 Å². The number of amides is 1. The predicted octanol–water partition coefficient (Wildman–Crippen LogP) is 3.20. The fourth-order valence-corrected chi connectivity index (χ4v) is 1.86. The standard InChI is InChI=1S/C16H11F3N2O5/c1-8(15(22)20-12-7-6-11(17)13(18)14(12)19)26-16(23)9-2-4-10(5-3-9)21(24)25/h2-8H,1H3,(H,20,22)/t8-/m1/s1. The van der Waals surface area contributed by atoms with Gasteiger partial charge in [0.1, 0.15) is 0 Å². The van der Waals surface area contributed by atoms with Gasteiger partial charge in [-0.25, -0.2) is 18.0 Å². The number of halogens is 3. The molecule has 1 N–H and O–H groups in total. The molecule has 0 saturated carbocycles. The number of rotatable bonds is 5. The summed E-state index contributed by atoms with van der Waals surface area (Å²) in [6.45, 7) is 1.18. The summed E-state index contributed by atoms with van der Waals surface area (Å²) in [6.07, 6.45) is -1.40. The lowest BCUT2D eigenvalue weighted by atomic mass is 10.2. The molecule has 0 heterocycles. The van der Waals surface area contributed by atoms with Gasteiger partial charge in [0.25, 0.3) is 11.6 Å². The normalized spacial score (nSPS) is 11.5. The quantitative estimate of drug-likeness (QED) is 0.378. The summed E-state index contributed by atoms with van der Waals surface area (Å²) in [5.74, 6) is -6.69. The lowest BCUT2D eigenvalue weighted by molar-refractivity contribution is -0.384. The van der Waals surface area contributed by atoms with Gasteiger partial charge >= 0.3 is 5.97 Å². The molecule has 0 bridgehead atoms. The zero-order chi connectivity index (χ0) is 19.4. The Morgan fingerprint density at radius 1 is 1.08 bits per heavy atom. The van der Waals surface area contributed by atoms with E-state index in [0.29, 0.717) is 6.07 Å². The van der Waals surface area contributed by atoms with E-state index in [1.54, 1.807) is 0 Å². The van der Waals surface area contributed by atoms with E-state index in [9.17, 15) is 32.9 Å². The minimum atomic E-state index is -1.75. The van der Waals surface area contributed by atoms with Crippen LogP contribution in [0.1, 0.15) is 17.3 Å². The SMILES string of the molecule is C[C@@H](OC(=O)c1ccc([N+](=O)[O-])cc1)C(=O)Nc1ccc(F)c(F)c1F. The van der Waals surface area contributed by atoms with Gasteiger partial charge in [-0.05, 0) is 31.2 Å². The Hall–Kier alpha value is -3.43. The van der Waals surface area contributed by atoms with Gasteiger partial charge in [0.05, 0.1) is 16.2 Å². The van der Waals surface area contributed by atoms with E-state index >= 15 is 0 Å². The summed E-state index contributed by atoms with van der Waals surface area (Å²) in [5.41, 5.74) is -0.900. The van der Waals surface area contributed by atoms with Gasteiger partial charge in [0.15, 0.2) is 23.6 Å². The molecule has 0 unspecified atom stereocenters. The average Bonchev–Trinajstić information content (AvgIpc) is 2.62. The monoisotopic (exact) mass is 368 g/mol. The molecule has 0 spiro atoms. The maximum Gasteiger partial charge on any atom is 0.338 e. The van der Waals surface area contributed by atoms with Crippen molar-refractivity contribution in [2.24, 2.45) is 0 Å². The fourth-order valence-electron chi connectivity index (χ4n) is 1.86. The van der Waals surface area contributed by atoms with Crippen LogP contribution >= 0.6 is 0 Å². The Morgan fingerprint density at radius 3 is 2.27 bits per heavy atom.